The molecule has 1 heterocycles. The molecule has 0 bridgehead atoms. The van der Waals surface area contributed by atoms with Gasteiger partial charge in [0.2, 0.25) is 0 Å². The Bertz CT molecular complexity index is 354. The molecule has 1 aromatic heterocycles. The first-order chi connectivity index (χ1) is 8.04. The van der Waals surface area contributed by atoms with Gasteiger partial charge in [-0.25, -0.2) is 0 Å². The number of ether oxygens (including phenoxy) is 1. The first-order valence-corrected chi connectivity index (χ1v) is 5.85. The Morgan fingerprint density at radius 2 is 2.24 bits per heavy atom. The number of nitrogens with one attached hydrogen (secondary N) is 1. The molecule has 1 atom stereocenters. The van der Waals surface area contributed by atoms with E-state index < -0.39 is 0 Å². The van der Waals surface area contributed by atoms with Crippen molar-refractivity contribution in [3.8, 4) is 0 Å². The van der Waals surface area contributed by atoms with Crippen molar-refractivity contribution in [3.05, 3.63) is 17.0 Å². The maximum Gasteiger partial charge on any atom is 0.307 e. The lowest BCUT2D eigenvalue weighted by molar-refractivity contribution is -0.143. The van der Waals surface area contributed by atoms with Crippen molar-refractivity contribution in [2.24, 2.45) is 0 Å². The second-order valence-electron chi connectivity index (χ2n) is 4.09. The molecule has 1 rings (SSSR count). The van der Waals surface area contributed by atoms with E-state index in [1.807, 2.05) is 20.8 Å². The van der Waals surface area contributed by atoms with E-state index in [1.54, 1.807) is 6.92 Å². The van der Waals surface area contributed by atoms with Crippen molar-refractivity contribution in [1.82, 2.24) is 10.5 Å². The molecule has 17 heavy (non-hydrogen) atoms. The minimum atomic E-state index is -0.175. The highest BCUT2D eigenvalue weighted by molar-refractivity contribution is 5.69. The minimum Gasteiger partial charge on any atom is -0.466 e. The second kappa shape index (κ2) is 6.39. The van der Waals surface area contributed by atoms with Crippen LogP contribution in [-0.2, 0) is 16.1 Å². The first-order valence-electron chi connectivity index (χ1n) is 5.85. The van der Waals surface area contributed by atoms with Crippen LogP contribution in [0.25, 0.3) is 0 Å². The fourth-order valence-electron chi connectivity index (χ4n) is 1.57. The monoisotopic (exact) mass is 240 g/mol. The number of carbonyl (C=O) groups excluding carboxylic acids is 1. The molecule has 0 amide bonds. The number of esters is 1. The molecule has 0 aliphatic rings. The molecule has 0 spiro atoms. The molecule has 1 unspecified atom stereocenters. The third-order valence-corrected chi connectivity index (χ3v) is 2.59. The van der Waals surface area contributed by atoms with Gasteiger partial charge in [0.15, 0.2) is 0 Å². The number of hydrogen-bond acceptors (Lipinski definition) is 5. The molecule has 0 fully saturated rings. The van der Waals surface area contributed by atoms with Crippen LogP contribution in [-0.4, -0.2) is 23.8 Å². The lowest BCUT2D eigenvalue weighted by Crippen LogP contribution is -2.29. The van der Waals surface area contributed by atoms with Crippen molar-refractivity contribution in [2.75, 3.05) is 6.61 Å². The number of carbonyl (C=O) groups is 1. The molecule has 1 N–H and O–H groups in total. The van der Waals surface area contributed by atoms with Crippen molar-refractivity contribution in [2.45, 2.75) is 46.7 Å². The molecule has 0 aliphatic carbocycles. The van der Waals surface area contributed by atoms with Crippen LogP contribution >= 0.6 is 0 Å². The lowest BCUT2D eigenvalue weighted by atomic mass is 10.2. The van der Waals surface area contributed by atoms with Crippen molar-refractivity contribution in [3.63, 3.8) is 0 Å². The summed E-state index contributed by atoms with van der Waals surface area (Å²) in [6.45, 7) is 8.63. The molecule has 0 aromatic carbocycles. The molecular formula is C12H20N2O3. The van der Waals surface area contributed by atoms with Gasteiger partial charge in [-0.2, -0.15) is 0 Å². The predicted octanol–water partition coefficient (Wildman–Crippen LogP) is 1.72. The average molecular weight is 240 g/mol. The van der Waals surface area contributed by atoms with E-state index in [0.717, 1.165) is 17.0 Å². The van der Waals surface area contributed by atoms with Crippen molar-refractivity contribution in [1.29, 1.82) is 0 Å². The van der Waals surface area contributed by atoms with Crippen LogP contribution in [0.15, 0.2) is 4.52 Å². The third kappa shape index (κ3) is 4.19. The summed E-state index contributed by atoms with van der Waals surface area (Å²) in [6.07, 6.45) is 0.372. The fourth-order valence-corrected chi connectivity index (χ4v) is 1.57. The number of aromatic nitrogens is 1. The molecule has 5 heteroatoms. The quantitative estimate of drug-likeness (QED) is 0.767. The Morgan fingerprint density at radius 1 is 1.53 bits per heavy atom. The van der Waals surface area contributed by atoms with Gasteiger partial charge in [0.05, 0.1) is 18.7 Å². The zero-order valence-corrected chi connectivity index (χ0v) is 10.9. The van der Waals surface area contributed by atoms with Gasteiger partial charge in [0.1, 0.15) is 5.76 Å². The highest BCUT2D eigenvalue weighted by Crippen LogP contribution is 2.12. The summed E-state index contributed by atoms with van der Waals surface area (Å²) in [5.41, 5.74) is 1.94. The number of nitrogens with zero attached hydrogens (tertiary/aromatic N) is 1. The zero-order valence-electron chi connectivity index (χ0n) is 10.9. The smallest absolute Gasteiger partial charge is 0.307 e. The molecule has 0 aliphatic heterocycles. The lowest BCUT2D eigenvalue weighted by Gasteiger charge is -2.12. The minimum absolute atomic E-state index is 0.0720. The molecular weight excluding hydrogens is 220 g/mol. The Balaban J connectivity index is 2.38. The summed E-state index contributed by atoms with van der Waals surface area (Å²) in [6, 6.07) is 0.0720. The third-order valence-electron chi connectivity index (χ3n) is 2.59. The van der Waals surface area contributed by atoms with Gasteiger partial charge < -0.3 is 14.6 Å². The van der Waals surface area contributed by atoms with E-state index in [2.05, 4.69) is 10.5 Å². The fraction of sp³-hybridized carbons (Fsp3) is 0.667. The van der Waals surface area contributed by atoms with E-state index in [4.69, 9.17) is 9.26 Å². The van der Waals surface area contributed by atoms with E-state index >= 15 is 0 Å². The number of aryl methyl sites for hydroxylation is 2. The topological polar surface area (TPSA) is 64.4 Å². The molecule has 0 saturated carbocycles. The molecule has 1 aromatic rings. The van der Waals surface area contributed by atoms with Crippen LogP contribution in [0.3, 0.4) is 0 Å². The predicted molar refractivity (Wildman–Crippen MR) is 63.5 cm³/mol. The first kappa shape index (κ1) is 13.7. The van der Waals surface area contributed by atoms with Crippen LogP contribution in [0, 0.1) is 13.8 Å². The van der Waals surface area contributed by atoms with E-state index in [1.165, 1.54) is 0 Å². The summed E-state index contributed by atoms with van der Waals surface area (Å²) < 4.78 is 9.95. The summed E-state index contributed by atoms with van der Waals surface area (Å²) in [7, 11) is 0. The summed E-state index contributed by atoms with van der Waals surface area (Å²) in [4.78, 5) is 11.3. The summed E-state index contributed by atoms with van der Waals surface area (Å²) in [5, 5.41) is 7.13. The number of rotatable bonds is 6. The van der Waals surface area contributed by atoms with E-state index in [9.17, 15) is 4.79 Å². The van der Waals surface area contributed by atoms with Crippen molar-refractivity contribution >= 4 is 5.97 Å². The van der Waals surface area contributed by atoms with Gasteiger partial charge in [0, 0.05) is 18.2 Å². The zero-order chi connectivity index (χ0) is 12.8. The molecule has 96 valence electrons. The maximum absolute atomic E-state index is 11.3. The summed E-state index contributed by atoms with van der Waals surface area (Å²) >= 11 is 0. The molecule has 0 saturated heterocycles. The Hall–Kier alpha value is -1.36. The maximum atomic E-state index is 11.3. The van der Waals surface area contributed by atoms with Crippen LogP contribution in [0.5, 0.6) is 0 Å². The van der Waals surface area contributed by atoms with Gasteiger partial charge in [0.25, 0.3) is 0 Å². The molecule has 0 radical (unpaired) electrons. The Morgan fingerprint density at radius 3 is 2.76 bits per heavy atom. The Kier molecular flexibility index (Phi) is 5.15. The number of hydrogen-bond donors (Lipinski definition) is 1. The highest BCUT2D eigenvalue weighted by Gasteiger charge is 2.12. The standard InChI is InChI=1S/C12H20N2O3/c1-5-16-12(15)6-8(2)13-7-11-9(3)14-17-10(11)4/h8,13H,5-7H2,1-4H3. The van der Waals surface area contributed by atoms with Gasteiger partial charge in [-0.1, -0.05) is 5.16 Å². The second-order valence-corrected chi connectivity index (χ2v) is 4.09. The van der Waals surface area contributed by atoms with Gasteiger partial charge in [-0.15, -0.1) is 0 Å². The van der Waals surface area contributed by atoms with Crippen LogP contribution < -0.4 is 5.32 Å². The van der Waals surface area contributed by atoms with Crippen LogP contribution in [0.2, 0.25) is 0 Å². The Labute approximate surface area is 102 Å². The summed E-state index contributed by atoms with van der Waals surface area (Å²) in [5.74, 6) is 0.643. The van der Waals surface area contributed by atoms with E-state index in [-0.39, 0.29) is 12.0 Å². The SMILES string of the molecule is CCOC(=O)CC(C)NCc1c(C)noc1C. The van der Waals surface area contributed by atoms with Gasteiger partial charge in [-0.3, -0.25) is 4.79 Å². The molecule has 5 nitrogen and oxygen atoms in total. The van der Waals surface area contributed by atoms with E-state index in [0.29, 0.717) is 19.6 Å². The average Bonchev–Trinajstić information content (AvgIpc) is 2.56. The highest BCUT2D eigenvalue weighted by atomic mass is 16.5. The van der Waals surface area contributed by atoms with Gasteiger partial charge in [-0.05, 0) is 27.7 Å². The normalized spacial score (nSPS) is 12.5. The van der Waals surface area contributed by atoms with Crippen LogP contribution in [0.4, 0.5) is 0 Å². The van der Waals surface area contributed by atoms with Crippen molar-refractivity contribution < 1.29 is 14.1 Å². The van der Waals surface area contributed by atoms with Gasteiger partial charge >= 0.3 is 5.97 Å². The van der Waals surface area contributed by atoms with Crippen LogP contribution in [0.1, 0.15) is 37.3 Å². The largest absolute Gasteiger partial charge is 0.466 e.